The summed E-state index contributed by atoms with van der Waals surface area (Å²) in [6, 6.07) is 13.6. The molecule has 2 amide bonds. The third-order valence-electron chi connectivity index (χ3n) is 3.26. The minimum Gasteiger partial charge on any atom is -0.307 e. The highest BCUT2D eigenvalue weighted by Crippen LogP contribution is 2.14. The van der Waals surface area contributed by atoms with Crippen molar-refractivity contribution in [1.29, 1.82) is 0 Å². The van der Waals surface area contributed by atoms with Crippen LogP contribution in [0.5, 0.6) is 0 Å². The van der Waals surface area contributed by atoms with Gasteiger partial charge in [0, 0.05) is 10.2 Å². The van der Waals surface area contributed by atoms with Crippen molar-refractivity contribution >= 4 is 38.6 Å². The van der Waals surface area contributed by atoms with Gasteiger partial charge in [0.2, 0.25) is 0 Å². The van der Waals surface area contributed by atoms with Crippen molar-refractivity contribution in [2.75, 3.05) is 10.7 Å². The molecule has 3 aromatic rings. The molecular weight excluding hydrogens is 360 g/mol. The lowest BCUT2D eigenvalue weighted by atomic mass is 10.2. The molecule has 0 saturated heterocycles. The molecule has 0 aliphatic heterocycles. The average Bonchev–Trinajstić information content (AvgIpc) is 2.54. The molecule has 0 bridgehead atoms. The van der Waals surface area contributed by atoms with Crippen molar-refractivity contribution in [3.05, 3.63) is 69.2 Å². The molecule has 6 nitrogen and oxygen atoms in total. The van der Waals surface area contributed by atoms with Gasteiger partial charge in [0.25, 0.3) is 5.56 Å². The Kier molecular flexibility index (Phi) is 4.12. The second kappa shape index (κ2) is 6.21. The number of benzene rings is 2. The normalized spacial score (nSPS) is 10.5. The zero-order valence-corrected chi connectivity index (χ0v) is 13.8. The van der Waals surface area contributed by atoms with E-state index in [0.717, 1.165) is 9.15 Å². The number of urea groups is 1. The van der Waals surface area contributed by atoms with Crippen LogP contribution < -0.4 is 16.3 Å². The summed E-state index contributed by atoms with van der Waals surface area (Å²) in [5.41, 5.74) is 3.41. The largest absolute Gasteiger partial charge is 0.338 e. The second-order valence-electron chi connectivity index (χ2n) is 4.89. The number of rotatable bonds is 2. The number of anilines is 1. The van der Waals surface area contributed by atoms with E-state index >= 15 is 0 Å². The van der Waals surface area contributed by atoms with Crippen molar-refractivity contribution in [1.82, 2.24) is 9.66 Å². The summed E-state index contributed by atoms with van der Waals surface area (Å²) >= 11 is 3.33. The first kappa shape index (κ1) is 15.2. The first-order chi connectivity index (χ1) is 11.0. The standard InChI is InChI=1S/C16H13BrN4O2/c1-10-18-14-5-3-2-4-13(14)15(22)21(10)20-16(23)19-12-8-6-11(17)7-9-12/h2-9H,1H3,(H2,19,20,23). The van der Waals surface area contributed by atoms with Gasteiger partial charge in [-0.05, 0) is 43.3 Å². The van der Waals surface area contributed by atoms with Crippen molar-refractivity contribution < 1.29 is 4.79 Å². The van der Waals surface area contributed by atoms with E-state index in [1.807, 2.05) is 18.2 Å². The van der Waals surface area contributed by atoms with Gasteiger partial charge >= 0.3 is 6.03 Å². The van der Waals surface area contributed by atoms with E-state index in [4.69, 9.17) is 0 Å². The molecule has 116 valence electrons. The van der Waals surface area contributed by atoms with E-state index in [1.54, 1.807) is 37.3 Å². The molecule has 2 aromatic carbocycles. The van der Waals surface area contributed by atoms with Crippen LogP contribution in [0, 0.1) is 6.92 Å². The fraction of sp³-hybridized carbons (Fsp3) is 0.0625. The Hall–Kier alpha value is -2.67. The number of nitrogens with zero attached hydrogens (tertiary/aromatic N) is 2. The predicted octanol–water partition coefficient (Wildman–Crippen LogP) is 3.24. The molecule has 0 radical (unpaired) electrons. The molecule has 1 heterocycles. The number of halogens is 1. The number of aryl methyl sites for hydroxylation is 1. The highest BCUT2D eigenvalue weighted by molar-refractivity contribution is 9.10. The molecule has 23 heavy (non-hydrogen) atoms. The number of amides is 2. The van der Waals surface area contributed by atoms with Crippen LogP contribution in [0.15, 0.2) is 57.8 Å². The third-order valence-corrected chi connectivity index (χ3v) is 3.79. The monoisotopic (exact) mass is 372 g/mol. The number of fused-ring (bicyclic) bond motifs is 1. The minimum atomic E-state index is -0.519. The van der Waals surface area contributed by atoms with Crippen LogP contribution in [0.25, 0.3) is 10.9 Å². The van der Waals surface area contributed by atoms with Crippen LogP contribution in [-0.2, 0) is 0 Å². The lowest BCUT2D eigenvalue weighted by molar-refractivity contribution is 0.259. The number of hydrogen-bond donors (Lipinski definition) is 2. The molecule has 0 fully saturated rings. The molecule has 0 atom stereocenters. The summed E-state index contributed by atoms with van der Waals surface area (Å²) < 4.78 is 2.05. The van der Waals surface area contributed by atoms with Gasteiger partial charge in [-0.25, -0.2) is 19.9 Å². The molecule has 0 unspecified atom stereocenters. The fourth-order valence-corrected chi connectivity index (χ4v) is 2.43. The van der Waals surface area contributed by atoms with Crippen LogP contribution >= 0.6 is 15.9 Å². The van der Waals surface area contributed by atoms with Gasteiger partial charge in [-0.2, -0.15) is 0 Å². The predicted molar refractivity (Wildman–Crippen MR) is 93.3 cm³/mol. The maximum Gasteiger partial charge on any atom is 0.338 e. The molecular formula is C16H13BrN4O2. The summed E-state index contributed by atoms with van der Waals surface area (Å²) in [7, 11) is 0. The number of carbonyl (C=O) groups excluding carboxylic acids is 1. The smallest absolute Gasteiger partial charge is 0.307 e. The van der Waals surface area contributed by atoms with Gasteiger partial charge in [-0.1, -0.05) is 28.1 Å². The highest BCUT2D eigenvalue weighted by atomic mass is 79.9. The van der Waals surface area contributed by atoms with Gasteiger partial charge < -0.3 is 5.32 Å². The average molecular weight is 373 g/mol. The Morgan fingerprint density at radius 3 is 2.57 bits per heavy atom. The van der Waals surface area contributed by atoms with Crippen molar-refractivity contribution in [2.45, 2.75) is 6.92 Å². The zero-order chi connectivity index (χ0) is 16.4. The van der Waals surface area contributed by atoms with E-state index in [-0.39, 0.29) is 5.56 Å². The Balaban J connectivity index is 1.87. The van der Waals surface area contributed by atoms with Crippen LogP contribution in [0.1, 0.15) is 5.82 Å². The molecule has 2 N–H and O–H groups in total. The Morgan fingerprint density at radius 1 is 1.13 bits per heavy atom. The number of carbonyl (C=O) groups is 1. The molecule has 0 aliphatic rings. The SMILES string of the molecule is Cc1nc2ccccc2c(=O)n1NC(=O)Nc1ccc(Br)cc1. The van der Waals surface area contributed by atoms with Gasteiger partial charge in [0.1, 0.15) is 5.82 Å². The summed E-state index contributed by atoms with van der Waals surface area (Å²) in [6.07, 6.45) is 0. The van der Waals surface area contributed by atoms with Crippen LogP contribution in [-0.4, -0.2) is 15.7 Å². The maximum atomic E-state index is 12.5. The van der Waals surface area contributed by atoms with E-state index in [2.05, 4.69) is 31.7 Å². The number of aromatic nitrogens is 2. The maximum absolute atomic E-state index is 12.5. The number of para-hydroxylation sites is 1. The lowest BCUT2D eigenvalue weighted by Crippen LogP contribution is -2.37. The van der Waals surface area contributed by atoms with Crippen molar-refractivity contribution in [3.8, 4) is 0 Å². The highest BCUT2D eigenvalue weighted by Gasteiger charge is 2.10. The zero-order valence-electron chi connectivity index (χ0n) is 12.2. The molecule has 0 saturated carbocycles. The van der Waals surface area contributed by atoms with Crippen LogP contribution in [0.4, 0.5) is 10.5 Å². The summed E-state index contributed by atoms with van der Waals surface area (Å²) in [6.45, 7) is 1.66. The second-order valence-corrected chi connectivity index (χ2v) is 5.81. The molecule has 0 aliphatic carbocycles. The van der Waals surface area contributed by atoms with E-state index < -0.39 is 6.03 Å². The Labute approximate surface area is 140 Å². The van der Waals surface area contributed by atoms with Crippen molar-refractivity contribution in [2.24, 2.45) is 0 Å². The Morgan fingerprint density at radius 2 is 1.83 bits per heavy atom. The minimum absolute atomic E-state index is 0.320. The number of nitrogens with one attached hydrogen (secondary N) is 2. The molecule has 3 rings (SSSR count). The van der Waals surface area contributed by atoms with E-state index in [1.165, 1.54) is 0 Å². The van der Waals surface area contributed by atoms with Gasteiger partial charge in [0.05, 0.1) is 10.9 Å². The van der Waals surface area contributed by atoms with Gasteiger partial charge in [0.15, 0.2) is 0 Å². The molecule has 1 aromatic heterocycles. The van der Waals surface area contributed by atoms with Gasteiger partial charge in [-0.3, -0.25) is 4.79 Å². The fourth-order valence-electron chi connectivity index (χ4n) is 2.17. The summed E-state index contributed by atoms with van der Waals surface area (Å²) in [5, 5.41) is 3.11. The number of hydrogen-bond acceptors (Lipinski definition) is 3. The summed E-state index contributed by atoms with van der Waals surface area (Å²) in [4.78, 5) is 28.9. The quantitative estimate of drug-likeness (QED) is 0.724. The third kappa shape index (κ3) is 3.24. The molecule has 0 spiro atoms. The Bertz CT molecular complexity index is 935. The molecule has 7 heteroatoms. The van der Waals surface area contributed by atoms with Gasteiger partial charge in [-0.15, -0.1) is 0 Å². The van der Waals surface area contributed by atoms with E-state index in [9.17, 15) is 9.59 Å². The summed E-state index contributed by atoms with van der Waals surface area (Å²) in [5.74, 6) is 0.402. The van der Waals surface area contributed by atoms with Crippen molar-refractivity contribution in [3.63, 3.8) is 0 Å². The lowest BCUT2D eigenvalue weighted by Gasteiger charge is -2.12. The van der Waals surface area contributed by atoms with Crippen LogP contribution in [0.2, 0.25) is 0 Å². The topological polar surface area (TPSA) is 76.0 Å². The van der Waals surface area contributed by atoms with E-state index in [0.29, 0.717) is 22.4 Å². The first-order valence-electron chi connectivity index (χ1n) is 6.86. The van der Waals surface area contributed by atoms with Crippen LogP contribution in [0.3, 0.4) is 0 Å². The first-order valence-corrected chi connectivity index (χ1v) is 7.66.